The Hall–Kier alpha value is -1.93. The van der Waals surface area contributed by atoms with Crippen molar-refractivity contribution in [3.05, 3.63) is 18.0 Å². The van der Waals surface area contributed by atoms with Crippen LogP contribution in [0.15, 0.2) is 12.3 Å². The van der Waals surface area contributed by atoms with Gasteiger partial charge in [-0.2, -0.15) is 5.10 Å². The van der Waals surface area contributed by atoms with Gasteiger partial charge in [-0.1, -0.05) is 0 Å². The topological polar surface area (TPSA) is 99.7 Å². The summed E-state index contributed by atoms with van der Waals surface area (Å²) in [4.78, 5) is 25.5. The summed E-state index contributed by atoms with van der Waals surface area (Å²) in [6, 6.07) is 1.90. The molecule has 0 bridgehead atoms. The lowest BCUT2D eigenvalue weighted by Crippen LogP contribution is -2.57. The van der Waals surface area contributed by atoms with Crippen molar-refractivity contribution < 1.29 is 19.1 Å². The number of rotatable bonds is 7. The summed E-state index contributed by atoms with van der Waals surface area (Å²) in [5.74, 6) is -0.461. The molecule has 0 spiro atoms. The summed E-state index contributed by atoms with van der Waals surface area (Å²) in [5.41, 5.74) is 5.48. The molecular weight excluding hydrogens is 300 g/mol. The van der Waals surface area contributed by atoms with Crippen LogP contribution in [0, 0.1) is 6.92 Å². The fourth-order valence-electron chi connectivity index (χ4n) is 2.88. The van der Waals surface area contributed by atoms with Crippen LogP contribution in [0.5, 0.6) is 0 Å². The van der Waals surface area contributed by atoms with Crippen molar-refractivity contribution in [2.24, 2.45) is 5.73 Å². The number of hydrogen-bond donors (Lipinski definition) is 1. The SMILES string of the molecule is COC[C@]1(CC(N)=O)CN(C(=O)CCn2nccc2C)CCO1. The second-order valence-electron chi connectivity index (χ2n) is 5.87. The fraction of sp³-hybridized carbons (Fsp3) is 0.667. The minimum absolute atomic E-state index is 0.00754. The van der Waals surface area contributed by atoms with Crippen LogP contribution >= 0.6 is 0 Å². The lowest BCUT2D eigenvalue weighted by Gasteiger charge is -2.41. The largest absolute Gasteiger partial charge is 0.382 e. The van der Waals surface area contributed by atoms with Gasteiger partial charge in [-0.25, -0.2) is 0 Å². The number of carbonyl (C=O) groups excluding carboxylic acids is 2. The van der Waals surface area contributed by atoms with Crippen molar-refractivity contribution in [3.63, 3.8) is 0 Å². The average Bonchev–Trinajstić information content (AvgIpc) is 2.89. The molecule has 1 fully saturated rings. The molecule has 0 unspecified atom stereocenters. The Morgan fingerprint density at radius 2 is 2.30 bits per heavy atom. The monoisotopic (exact) mass is 324 g/mol. The van der Waals surface area contributed by atoms with E-state index >= 15 is 0 Å². The van der Waals surface area contributed by atoms with Gasteiger partial charge in [0.1, 0.15) is 5.60 Å². The Morgan fingerprint density at radius 1 is 1.52 bits per heavy atom. The van der Waals surface area contributed by atoms with Gasteiger partial charge in [-0.05, 0) is 13.0 Å². The Bertz CT molecular complexity index is 555. The molecule has 8 heteroatoms. The summed E-state index contributed by atoms with van der Waals surface area (Å²) in [5, 5.41) is 4.17. The van der Waals surface area contributed by atoms with Crippen molar-refractivity contribution >= 4 is 11.8 Å². The van der Waals surface area contributed by atoms with E-state index in [0.717, 1.165) is 5.69 Å². The smallest absolute Gasteiger partial charge is 0.224 e. The maximum Gasteiger partial charge on any atom is 0.224 e. The van der Waals surface area contributed by atoms with Gasteiger partial charge in [0.05, 0.1) is 26.2 Å². The van der Waals surface area contributed by atoms with Crippen LogP contribution in [0.3, 0.4) is 0 Å². The highest BCUT2D eigenvalue weighted by atomic mass is 16.5. The zero-order valence-electron chi connectivity index (χ0n) is 13.7. The lowest BCUT2D eigenvalue weighted by molar-refractivity contribution is -0.166. The zero-order valence-corrected chi connectivity index (χ0v) is 13.7. The van der Waals surface area contributed by atoms with Crippen molar-refractivity contribution in [2.45, 2.75) is 31.9 Å². The van der Waals surface area contributed by atoms with Crippen LogP contribution in [0.1, 0.15) is 18.5 Å². The van der Waals surface area contributed by atoms with Gasteiger partial charge in [0.2, 0.25) is 11.8 Å². The highest BCUT2D eigenvalue weighted by molar-refractivity contribution is 5.77. The molecule has 1 aliphatic heterocycles. The van der Waals surface area contributed by atoms with Gasteiger partial charge in [-0.15, -0.1) is 0 Å². The van der Waals surface area contributed by atoms with E-state index in [9.17, 15) is 9.59 Å². The third-order valence-corrected chi connectivity index (χ3v) is 3.97. The van der Waals surface area contributed by atoms with Crippen molar-refractivity contribution in [1.29, 1.82) is 0 Å². The second-order valence-corrected chi connectivity index (χ2v) is 5.87. The number of amides is 2. The first-order valence-electron chi connectivity index (χ1n) is 7.63. The first kappa shape index (κ1) is 17.4. The zero-order chi connectivity index (χ0) is 16.9. The van der Waals surface area contributed by atoms with E-state index in [1.807, 2.05) is 13.0 Å². The molecule has 1 aromatic rings. The maximum atomic E-state index is 12.5. The number of nitrogens with zero attached hydrogens (tertiary/aromatic N) is 3. The van der Waals surface area contributed by atoms with Gasteiger partial charge >= 0.3 is 0 Å². The first-order chi connectivity index (χ1) is 11.0. The van der Waals surface area contributed by atoms with Crippen molar-refractivity contribution in [3.8, 4) is 0 Å². The molecule has 8 nitrogen and oxygen atoms in total. The Balaban J connectivity index is 1.97. The average molecular weight is 324 g/mol. The second kappa shape index (κ2) is 7.56. The van der Waals surface area contributed by atoms with Gasteiger partial charge in [0.15, 0.2) is 0 Å². The summed E-state index contributed by atoms with van der Waals surface area (Å²) < 4.78 is 12.7. The number of carbonyl (C=O) groups is 2. The highest BCUT2D eigenvalue weighted by Crippen LogP contribution is 2.23. The third-order valence-electron chi connectivity index (χ3n) is 3.97. The van der Waals surface area contributed by atoms with E-state index in [0.29, 0.717) is 32.7 Å². The fourth-order valence-corrected chi connectivity index (χ4v) is 2.88. The van der Waals surface area contributed by atoms with Gasteiger partial charge in [0.25, 0.3) is 0 Å². The summed E-state index contributed by atoms with van der Waals surface area (Å²) in [6.45, 7) is 3.87. The number of methoxy groups -OCH3 is 1. The molecule has 2 heterocycles. The van der Waals surface area contributed by atoms with E-state index in [2.05, 4.69) is 5.10 Å². The molecule has 2 N–H and O–H groups in total. The molecule has 2 amide bonds. The standard InChI is InChI=1S/C15H24N4O4/c1-12-3-5-17-19(12)6-4-14(21)18-7-8-23-15(10-18,11-22-2)9-13(16)20/h3,5H,4,6-11H2,1-2H3,(H2,16,20)/t15-/m0/s1. The van der Waals surface area contributed by atoms with Gasteiger partial charge in [-0.3, -0.25) is 14.3 Å². The number of ether oxygens (including phenoxy) is 2. The van der Waals surface area contributed by atoms with Crippen LogP contribution in [0.2, 0.25) is 0 Å². The van der Waals surface area contributed by atoms with Gasteiger partial charge in [0, 0.05) is 38.5 Å². The number of aryl methyl sites for hydroxylation is 2. The summed E-state index contributed by atoms with van der Waals surface area (Å²) in [6.07, 6.45) is 2.09. The number of hydrogen-bond acceptors (Lipinski definition) is 5. The van der Waals surface area contributed by atoms with Crippen LogP contribution < -0.4 is 5.73 Å². The Morgan fingerprint density at radius 3 is 2.91 bits per heavy atom. The van der Waals surface area contributed by atoms with E-state index in [1.165, 1.54) is 7.11 Å². The number of primary amides is 1. The Labute approximate surface area is 135 Å². The normalized spacial score (nSPS) is 21.4. The van der Waals surface area contributed by atoms with Crippen LogP contribution in [0.25, 0.3) is 0 Å². The van der Waals surface area contributed by atoms with E-state index in [4.69, 9.17) is 15.2 Å². The number of aromatic nitrogens is 2. The first-order valence-corrected chi connectivity index (χ1v) is 7.63. The molecule has 128 valence electrons. The lowest BCUT2D eigenvalue weighted by atomic mass is 9.97. The highest BCUT2D eigenvalue weighted by Gasteiger charge is 2.39. The van der Waals surface area contributed by atoms with E-state index < -0.39 is 11.5 Å². The molecule has 2 rings (SSSR count). The molecule has 0 aliphatic carbocycles. The molecule has 0 saturated carbocycles. The van der Waals surface area contributed by atoms with Crippen LogP contribution in [-0.4, -0.2) is 65.5 Å². The predicted molar refractivity (Wildman–Crippen MR) is 82.5 cm³/mol. The molecule has 0 radical (unpaired) electrons. The maximum absolute atomic E-state index is 12.5. The quantitative estimate of drug-likeness (QED) is 0.742. The summed E-state index contributed by atoms with van der Waals surface area (Å²) >= 11 is 0. The summed E-state index contributed by atoms with van der Waals surface area (Å²) in [7, 11) is 1.54. The molecule has 1 saturated heterocycles. The minimum Gasteiger partial charge on any atom is -0.382 e. The van der Waals surface area contributed by atoms with Gasteiger partial charge < -0.3 is 20.1 Å². The molecule has 1 aromatic heterocycles. The van der Waals surface area contributed by atoms with Crippen LogP contribution in [0.4, 0.5) is 0 Å². The third kappa shape index (κ3) is 4.52. The van der Waals surface area contributed by atoms with Crippen molar-refractivity contribution in [1.82, 2.24) is 14.7 Å². The number of nitrogens with two attached hydrogens (primary N) is 1. The van der Waals surface area contributed by atoms with Crippen molar-refractivity contribution in [2.75, 3.05) is 33.4 Å². The molecule has 0 aromatic carbocycles. The van der Waals surface area contributed by atoms with E-state index in [-0.39, 0.29) is 18.9 Å². The predicted octanol–water partition coefficient (Wildman–Crippen LogP) is -0.299. The van der Waals surface area contributed by atoms with Crippen LogP contribution in [-0.2, 0) is 25.6 Å². The molecule has 1 atom stereocenters. The minimum atomic E-state index is -0.851. The molecular formula is C15H24N4O4. The number of morpholine rings is 1. The van der Waals surface area contributed by atoms with E-state index in [1.54, 1.807) is 15.8 Å². The Kier molecular flexibility index (Phi) is 5.73. The molecule has 1 aliphatic rings. The molecule has 23 heavy (non-hydrogen) atoms.